The van der Waals surface area contributed by atoms with Crippen LogP contribution in [0.4, 0.5) is 4.39 Å². The van der Waals surface area contributed by atoms with Crippen molar-refractivity contribution in [3.05, 3.63) is 65.5 Å². The summed E-state index contributed by atoms with van der Waals surface area (Å²) in [5, 5.41) is 2.75. The molecule has 1 N–H and O–H groups in total. The van der Waals surface area contributed by atoms with Gasteiger partial charge in [0.15, 0.2) is 0 Å². The largest absolute Gasteiger partial charge is 0.354 e. The van der Waals surface area contributed by atoms with E-state index in [4.69, 9.17) is 0 Å². The van der Waals surface area contributed by atoms with Crippen molar-refractivity contribution in [3.63, 3.8) is 0 Å². The zero-order valence-electron chi connectivity index (χ0n) is 18.6. The molecule has 8 nitrogen and oxygen atoms in total. The maximum absolute atomic E-state index is 13.3. The van der Waals surface area contributed by atoms with Gasteiger partial charge in [-0.05, 0) is 42.7 Å². The lowest BCUT2D eigenvalue weighted by Crippen LogP contribution is -2.51. The highest BCUT2D eigenvalue weighted by molar-refractivity contribution is 7.90. The van der Waals surface area contributed by atoms with E-state index in [1.807, 2.05) is 13.8 Å². The molecule has 0 fully saturated rings. The second kappa shape index (κ2) is 9.70. The predicted molar refractivity (Wildman–Crippen MR) is 119 cm³/mol. The Morgan fingerprint density at radius 1 is 1.06 bits per heavy atom. The van der Waals surface area contributed by atoms with Crippen LogP contribution in [0.2, 0.25) is 0 Å². The number of fused-ring (bicyclic) bond motifs is 1. The van der Waals surface area contributed by atoms with Crippen molar-refractivity contribution in [3.8, 4) is 0 Å². The van der Waals surface area contributed by atoms with E-state index < -0.39 is 46.1 Å². The number of hydrogen-bond donors (Lipinski definition) is 1. The fourth-order valence-corrected chi connectivity index (χ4v) is 4.94. The molecule has 1 heterocycles. The number of sulfonamides is 1. The Hall–Kier alpha value is -3.27. The molecule has 0 spiro atoms. The molecule has 0 unspecified atom stereocenters. The summed E-state index contributed by atoms with van der Waals surface area (Å²) in [6.45, 7) is 4.95. The first-order valence-electron chi connectivity index (χ1n) is 10.5. The first kappa shape index (κ1) is 24.4. The fraction of sp³-hybridized carbons (Fsp3) is 0.348. The van der Waals surface area contributed by atoms with Gasteiger partial charge in [0.2, 0.25) is 11.8 Å². The molecule has 0 bridgehead atoms. The van der Waals surface area contributed by atoms with Crippen molar-refractivity contribution in [2.75, 3.05) is 13.1 Å². The van der Waals surface area contributed by atoms with Gasteiger partial charge in [-0.3, -0.25) is 14.4 Å². The molecular weight excluding hydrogens is 449 g/mol. The number of amides is 3. The Morgan fingerprint density at radius 3 is 2.30 bits per heavy atom. The number of nitrogens with zero attached hydrogens (tertiary/aromatic N) is 2. The lowest BCUT2D eigenvalue weighted by molar-refractivity contribution is -0.140. The van der Waals surface area contributed by atoms with Crippen LogP contribution in [-0.2, 0) is 26.2 Å². The van der Waals surface area contributed by atoms with E-state index in [0.29, 0.717) is 16.4 Å². The van der Waals surface area contributed by atoms with E-state index in [9.17, 15) is 27.2 Å². The highest BCUT2D eigenvalue weighted by atomic mass is 32.2. The lowest BCUT2D eigenvalue weighted by Gasteiger charge is -2.30. The quantitative estimate of drug-likeness (QED) is 0.630. The molecular formula is C23H26FN3O5S. The minimum absolute atomic E-state index is 0.00175. The number of carbonyl (C=O) groups excluding carboxylic acids is 3. The van der Waals surface area contributed by atoms with Crippen LogP contribution in [0.25, 0.3) is 0 Å². The topological polar surface area (TPSA) is 104 Å². The smallest absolute Gasteiger partial charge is 0.269 e. The van der Waals surface area contributed by atoms with Gasteiger partial charge in [0, 0.05) is 13.1 Å². The van der Waals surface area contributed by atoms with Gasteiger partial charge in [-0.25, -0.2) is 17.1 Å². The van der Waals surface area contributed by atoms with Crippen molar-refractivity contribution in [2.45, 2.75) is 38.3 Å². The van der Waals surface area contributed by atoms with Crippen molar-refractivity contribution in [2.24, 2.45) is 5.92 Å². The second-order valence-electron chi connectivity index (χ2n) is 8.28. The maximum atomic E-state index is 13.3. The first-order chi connectivity index (χ1) is 15.5. The summed E-state index contributed by atoms with van der Waals surface area (Å²) in [7, 11) is -4.18. The third-order valence-corrected chi connectivity index (χ3v) is 7.10. The van der Waals surface area contributed by atoms with Gasteiger partial charge in [-0.1, -0.05) is 38.1 Å². The van der Waals surface area contributed by atoms with Crippen molar-refractivity contribution < 1.29 is 27.2 Å². The summed E-state index contributed by atoms with van der Waals surface area (Å²) < 4.78 is 39.5. The number of rotatable bonds is 8. The van der Waals surface area contributed by atoms with Gasteiger partial charge in [0.25, 0.3) is 15.9 Å². The average Bonchev–Trinajstić information content (AvgIpc) is 2.97. The van der Waals surface area contributed by atoms with E-state index in [2.05, 4.69) is 5.32 Å². The van der Waals surface area contributed by atoms with E-state index in [0.717, 1.165) is 0 Å². The van der Waals surface area contributed by atoms with Gasteiger partial charge < -0.3 is 10.2 Å². The summed E-state index contributed by atoms with van der Waals surface area (Å²) in [4.78, 5) is 39.7. The number of halogens is 1. The monoisotopic (exact) mass is 475 g/mol. The molecule has 1 atom stereocenters. The minimum Gasteiger partial charge on any atom is -0.354 e. The Balaban J connectivity index is 1.86. The van der Waals surface area contributed by atoms with E-state index >= 15 is 0 Å². The zero-order chi connectivity index (χ0) is 24.3. The molecule has 2 aromatic carbocycles. The molecule has 0 saturated heterocycles. The summed E-state index contributed by atoms with van der Waals surface area (Å²) >= 11 is 0. The summed E-state index contributed by atoms with van der Waals surface area (Å²) in [6.07, 6.45) is 0. The minimum atomic E-state index is -4.18. The summed E-state index contributed by atoms with van der Waals surface area (Å²) in [6, 6.07) is 10.2. The Labute approximate surface area is 192 Å². The number of benzene rings is 2. The van der Waals surface area contributed by atoms with E-state index in [1.165, 1.54) is 54.3 Å². The molecule has 1 aliphatic heterocycles. The SMILES string of the molecule is CC(C)CNC(=O)[C@H](C)N(Cc1ccc(F)cc1)C(=O)CN1C(=O)c2ccccc2S1(=O)=O. The average molecular weight is 476 g/mol. The Kier molecular flexibility index (Phi) is 7.16. The normalized spacial score (nSPS) is 15.3. The number of nitrogens with one attached hydrogen (secondary N) is 1. The first-order valence-corrected chi connectivity index (χ1v) is 11.9. The molecule has 0 aliphatic carbocycles. The van der Waals surface area contributed by atoms with Crippen LogP contribution in [-0.4, -0.2) is 54.5 Å². The van der Waals surface area contributed by atoms with Crippen molar-refractivity contribution in [1.29, 1.82) is 0 Å². The molecule has 0 saturated carbocycles. The van der Waals surface area contributed by atoms with Gasteiger partial charge in [0.05, 0.1) is 5.56 Å². The van der Waals surface area contributed by atoms with Crippen molar-refractivity contribution >= 4 is 27.7 Å². The molecule has 3 amide bonds. The van der Waals surface area contributed by atoms with Crippen LogP contribution in [0.15, 0.2) is 53.4 Å². The maximum Gasteiger partial charge on any atom is 0.269 e. The second-order valence-corrected chi connectivity index (χ2v) is 10.1. The highest BCUT2D eigenvalue weighted by Crippen LogP contribution is 2.30. The van der Waals surface area contributed by atoms with Gasteiger partial charge >= 0.3 is 0 Å². The molecule has 176 valence electrons. The summed E-state index contributed by atoms with van der Waals surface area (Å²) in [5.74, 6) is -2.20. The van der Waals surface area contributed by atoms with Gasteiger partial charge in [-0.15, -0.1) is 0 Å². The Morgan fingerprint density at radius 2 is 1.70 bits per heavy atom. The van der Waals surface area contributed by atoms with Crippen LogP contribution in [0.1, 0.15) is 36.7 Å². The molecule has 3 rings (SSSR count). The van der Waals surface area contributed by atoms with Gasteiger partial charge in [0.1, 0.15) is 23.3 Å². The van der Waals surface area contributed by atoms with Crippen LogP contribution in [0, 0.1) is 11.7 Å². The Bertz CT molecular complexity index is 1160. The molecule has 0 radical (unpaired) electrons. The van der Waals surface area contributed by atoms with Crippen LogP contribution in [0.3, 0.4) is 0 Å². The third-order valence-electron chi connectivity index (χ3n) is 5.31. The standard InChI is InChI=1S/C23H26FN3O5S/c1-15(2)12-25-22(29)16(3)26(13-17-8-10-18(24)11-9-17)21(28)14-27-23(30)19-6-4-5-7-20(19)33(27,31)32/h4-11,15-16H,12-14H2,1-3H3,(H,25,29)/t16-/m0/s1. The lowest BCUT2D eigenvalue weighted by atomic mass is 10.1. The third kappa shape index (κ3) is 5.22. The molecule has 10 heteroatoms. The highest BCUT2D eigenvalue weighted by Gasteiger charge is 2.43. The molecule has 0 aromatic heterocycles. The fourth-order valence-electron chi connectivity index (χ4n) is 3.42. The molecule has 33 heavy (non-hydrogen) atoms. The van der Waals surface area contributed by atoms with Crippen LogP contribution >= 0.6 is 0 Å². The van der Waals surface area contributed by atoms with Crippen molar-refractivity contribution in [1.82, 2.24) is 14.5 Å². The van der Waals surface area contributed by atoms with Crippen LogP contribution in [0.5, 0.6) is 0 Å². The molecule has 2 aromatic rings. The van der Waals surface area contributed by atoms with Crippen LogP contribution < -0.4 is 5.32 Å². The predicted octanol–water partition coefficient (Wildman–Crippen LogP) is 2.16. The number of carbonyl (C=O) groups is 3. The zero-order valence-corrected chi connectivity index (χ0v) is 19.4. The summed E-state index contributed by atoms with van der Waals surface area (Å²) in [5.41, 5.74) is 0.547. The van der Waals surface area contributed by atoms with E-state index in [1.54, 1.807) is 6.07 Å². The van der Waals surface area contributed by atoms with E-state index in [-0.39, 0.29) is 22.9 Å². The van der Waals surface area contributed by atoms with Gasteiger partial charge in [-0.2, -0.15) is 0 Å². The molecule has 1 aliphatic rings. The number of hydrogen-bond acceptors (Lipinski definition) is 5.